The highest BCUT2D eigenvalue weighted by molar-refractivity contribution is 6.31. The lowest BCUT2D eigenvalue weighted by atomic mass is 9.92. The zero-order valence-corrected chi connectivity index (χ0v) is 17.7. The molecule has 0 aromatic heterocycles. The molecule has 0 bridgehead atoms. The molecule has 4 rings (SSSR count). The number of ketones is 2. The highest BCUT2D eigenvalue weighted by Gasteiger charge is 2.24. The fraction of sp³-hybridized carbons (Fsp3) is 0. The number of rotatable bonds is 6. The van der Waals surface area contributed by atoms with Crippen LogP contribution in [0, 0.1) is 0 Å². The topological polar surface area (TPSA) is 43.4 Å². The molecule has 31 heavy (non-hydrogen) atoms. The fourth-order valence-electron chi connectivity index (χ4n) is 3.16. The van der Waals surface area contributed by atoms with Crippen molar-refractivity contribution in [2.45, 2.75) is 0 Å². The van der Waals surface area contributed by atoms with Gasteiger partial charge in [-0.15, -0.1) is 0 Å². The molecule has 0 aliphatic heterocycles. The van der Waals surface area contributed by atoms with Gasteiger partial charge in [0.05, 0.1) is 5.56 Å². The maximum Gasteiger partial charge on any atom is 0.197 e. The molecule has 0 aliphatic carbocycles. The van der Waals surface area contributed by atoms with Crippen LogP contribution in [-0.4, -0.2) is 11.6 Å². The quantitative estimate of drug-likeness (QED) is 0.293. The maximum absolute atomic E-state index is 13.5. The largest absolute Gasteiger partial charge is 0.457 e. The molecule has 3 nitrogen and oxygen atoms in total. The first-order chi connectivity index (χ1) is 15.0. The SMILES string of the molecule is O=C(c1ccc(Cl)cc1)c1cccc(Oc2ccccc2)c1C(=O)c1ccc(Cl)cc1. The van der Waals surface area contributed by atoms with E-state index in [0.717, 1.165) is 0 Å². The number of carbonyl (C=O) groups is 2. The zero-order valence-electron chi connectivity index (χ0n) is 16.2. The first-order valence-corrected chi connectivity index (χ1v) is 10.2. The number of hydrogen-bond donors (Lipinski definition) is 0. The summed E-state index contributed by atoms with van der Waals surface area (Å²) in [6.07, 6.45) is 0. The zero-order chi connectivity index (χ0) is 21.8. The second-order valence-electron chi connectivity index (χ2n) is 6.77. The summed E-state index contributed by atoms with van der Waals surface area (Å²) in [7, 11) is 0. The summed E-state index contributed by atoms with van der Waals surface area (Å²) < 4.78 is 6.00. The van der Waals surface area contributed by atoms with Gasteiger partial charge in [-0.05, 0) is 66.7 Å². The van der Waals surface area contributed by atoms with E-state index in [2.05, 4.69) is 0 Å². The maximum atomic E-state index is 13.5. The molecule has 0 saturated carbocycles. The van der Waals surface area contributed by atoms with E-state index in [1.54, 1.807) is 78.9 Å². The molecule has 0 fully saturated rings. The van der Waals surface area contributed by atoms with Crippen LogP contribution in [-0.2, 0) is 0 Å². The predicted molar refractivity (Wildman–Crippen MR) is 123 cm³/mol. The van der Waals surface area contributed by atoms with E-state index in [4.69, 9.17) is 27.9 Å². The molecule has 5 heteroatoms. The van der Waals surface area contributed by atoms with Crippen molar-refractivity contribution in [2.24, 2.45) is 0 Å². The van der Waals surface area contributed by atoms with Gasteiger partial charge in [-0.1, -0.05) is 53.5 Å². The molecule has 4 aromatic carbocycles. The molecular weight excluding hydrogens is 431 g/mol. The standard InChI is InChI=1S/C26H16Cl2O3/c27-19-13-9-17(10-14-19)25(29)22-7-4-8-23(31-21-5-2-1-3-6-21)24(22)26(30)18-11-15-20(28)16-12-18/h1-16H. The molecule has 0 spiro atoms. The van der Waals surface area contributed by atoms with Gasteiger partial charge in [0.25, 0.3) is 0 Å². The number of para-hydroxylation sites is 1. The van der Waals surface area contributed by atoms with Crippen LogP contribution in [0.1, 0.15) is 31.8 Å². The van der Waals surface area contributed by atoms with Crippen molar-refractivity contribution in [2.75, 3.05) is 0 Å². The van der Waals surface area contributed by atoms with E-state index in [9.17, 15) is 9.59 Å². The fourth-order valence-corrected chi connectivity index (χ4v) is 3.41. The Morgan fingerprint density at radius 2 is 1.13 bits per heavy atom. The van der Waals surface area contributed by atoms with Gasteiger partial charge in [0, 0.05) is 26.7 Å². The molecule has 0 N–H and O–H groups in total. The number of halogens is 2. The smallest absolute Gasteiger partial charge is 0.197 e. The molecule has 4 aromatic rings. The lowest BCUT2D eigenvalue weighted by Gasteiger charge is -2.15. The Labute approximate surface area is 189 Å². The minimum Gasteiger partial charge on any atom is -0.457 e. The Balaban J connectivity index is 1.84. The van der Waals surface area contributed by atoms with E-state index in [0.29, 0.717) is 32.7 Å². The number of hydrogen-bond acceptors (Lipinski definition) is 3. The minimum atomic E-state index is -0.333. The first-order valence-electron chi connectivity index (χ1n) is 9.49. The normalized spacial score (nSPS) is 10.5. The van der Waals surface area contributed by atoms with Crippen LogP contribution in [0.3, 0.4) is 0 Å². The van der Waals surface area contributed by atoms with E-state index >= 15 is 0 Å². The molecule has 0 saturated heterocycles. The van der Waals surface area contributed by atoms with Crippen LogP contribution in [0.25, 0.3) is 0 Å². The van der Waals surface area contributed by atoms with Crippen molar-refractivity contribution >= 4 is 34.8 Å². The number of carbonyl (C=O) groups excluding carboxylic acids is 2. The Morgan fingerprint density at radius 1 is 0.581 bits per heavy atom. The third kappa shape index (κ3) is 4.69. The third-order valence-corrected chi connectivity index (χ3v) is 5.19. The Bertz CT molecular complexity index is 1230. The van der Waals surface area contributed by atoms with Gasteiger partial charge in [-0.25, -0.2) is 0 Å². The molecule has 0 amide bonds. The van der Waals surface area contributed by atoms with Gasteiger partial charge in [0.15, 0.2) is 11.6 Å². The van der Waals surface area contributed by atoms with Crippen LogP contribution >= 0.6 is 23.2 Å². The van der Waals surface area contributed by atoms with Crippen molar-refractivity contribution in [3.63, 3.8) is 0 Å². The molecular formula is C26H16Cl2O3. The summed E-state index contributed by atoms with van der Waals surface area (Å²) in [6.45, 7) is 0. The second kappa shape index (κ2) is 9.17. The number of ether oxygens (including phenoxy) is 1. The van der Waals surface area contributed by atoms with Gasteiger partial charge in [-0.3, -0.25) is 9.59 Å². The van der Waals surface area contributed by atoms with Crippen LogP contribution in [0.4, 0.5) is 0 Å². The summed E-state index contributed by atoms with van der Waals surface area (Å²) in [5, 5.41) is 1.04. The molecule has 0 radical (unpaired) electrons. The minimum absolute atomic E-state index is 0.189. The Kier molecular flexibility index (Phi) is 6.17. The van der Waals surface area contributed by atoms with Gasteiger partial charge >= 0.3 is 0 Å². The third-order valence-electron chi connectivity index (χ3n) is 4.68. The summed E-state index contributed by atoms with van der Waals surface area (Å²) in [5.74, 6) is 0.225. The van der Waals surface area contributed by atoms with E-state index in [1.807, 2.05) is 18.2 Å². The summed E-state index contributed by atoms with van der Waals surface area (Å²) in [4.78, 5) is 26.8. The first kappa shape index (κ1) is 20.9. The Morgan fingerprint density at radius 3 is 1.71 bits per heavy atom. The van der Waals surface area contributed by atoms with Crippen LogP contribution in [0.2, 0.25) is 10.0 Å². The summed E-state index contributed by atoms with van der Waals surface area (Å²) >= 11 is 11.9. The number of benzene rings is 4. The lowest BCUT2D eigenvalue weighted by molar-refractivity contribution is 0.100. The molecule has 152 valence electrons. The predicted octanol–water partition coefficient (Wildman–Crippen LogP) is 7.25. The van der Waals surface area contributed by atoms with Crippen LogP contribution in [0.5, 0.6) is 11.5 Å². The average Bonchev–Trinajstić information content (AvgIpc) is 2.80. The van der Waals surface area contributed by atoms with E-state index < -0.39 is 0 Å². The van der Waals surface area contributed by atoms with Gasteiger partial charge in [0.2, 0.25) is 0 Å². The molecule has 0 unspecified atom stereocenters. The van der Waals surface area contributed by atoms with Crippen molar-refractivity contribution in [3.05, 3.63) is 129 Å². The van der Waals surface area contributed by atoms with Crippen LogP contribution in [0.15, 0.2) is 97.1 Å². The van der Waals surface area contributed by atoms with Crippen molar-refractivity contribution in [1.29, 1.82) is 0 Å². The highest BCUT2D eigenvalue weighted by Crippen LogP contribution is 2.31. The van der Waals surface area contributed by atoms with E-state index in [-0.39, 0.29) is 22.7 Å². The van der Waals surface area contributed by atoms with Gasteiger partial charge in [0.1, 0.15) is 11.5 Å². The second-order valence-corrected chi connectivity index (χ2v) is 7.64. The van der Waals surface area contributed by atoms with Gasteiger partial charge in [-0.2, -0.15) is 0 Å². The van der Waals surface area contributed by atoms with Crippen molar-refractivity contribution < 1.29 is 14.3 Å². The van der Waals surface area contributed by atoms with Crippen LogP contribution < -0.4 is 4.74 Å². The van der Waals surface area contributed by atoms with E-state index in [1.165, 1.54) is 0 Å². The van der Waals surface area contributed by atoms with Crippen molar-refractivity contribution in [3.8, 4) is 11.5 Å². The van der Waals surface area contributed by atoms with Crippen molar-refractivity contribution in [1.82, 2.24) is 0 Å². The summed E-state index contributed by atoms with van der Waals surface area (Å²) in [6, 6.07) is 27.1. The molecule has 0 atom stereocenters. The average molecular weight is 447 g/mol. The lowest BCUT2D eigenvalue weighted by Crippen LogP contribution is -2.12. The Hall–Kier alpha value is -3.40. The molecule has 0 heterocycles. The summed E-state index contributed by atoms with van der Waals surface area (Å²) in [5.41, 5.74) is 1.26. The monoisotopic (exact) mass is 446 g/mol. The molecule has 0 aliphatic rings. The highest BCUT2D eigenvalue weighted by atomic mass is 35.5. The van der Waals surface area contributed by atoms with Gasteiger partial charge < -0.3 is 4.74 Å².